The van der Waals surface area contributed by atoms with Crippen LogP contribution in [0.3, 0.4) is 0 Å². The van der Waals surface area contributed by atoms with Gasteiger partial charge in [0, 0.05) is 35.0 Å². The van der Waals surface area contributed by atoms with Crippen molar-refractivity contribution in [3.8, 4) is 0 Å². The van der Waals surface area contributed by atoms with E-state index in [4.69, 9.17) is 28.0 Å². The predicted octanol–water partition coefficient (Wildman–Crippen LogP) is 5.38. The molecule has 1 aliphatic carbocycles. The fourth-order valence-corrected chi connectivity index (χ4v) is 7.44. The zero-order valence-electron chi connectivity index (χ0n) is 23.2. The summed E-state index contributed by atoms with van der Waals surface area (Å²) in [5, 5.41) is 1.13. The second kappa shape index (κ2) is 12.0. The van der Waals surface area contributed by atoms with E-state index in [1.165, 1.54) is 7.11 Å². The SMILES string of the molecule is CCC(CNS(=O)(=O)C1(C)CC1)N1C(=O)C(C)(CC(=O)NOC)CC(c2cccc(Cl)c2)C1c1ccc(Cl)cc1. The van der Waals surface area contributed by atoms with Crippen molar-refractivity contribution in [1.29, 1.82) is 0 Å². The topological polar surface area (TPSA) is 105 Å². The summed E-state index contributed by atoms with van der Waals surface area (Å²) in [5.74, 6) is -0.881. The largest absolute Gasteiger partial charge is 0.330 e. The predicted molar refractivity (Wildman–Crippen MR) is 156 cm³/mol. The maximum atomic E-state index is 14.5. The van der Waals surface area contributed by atoms with E-state index >= 15 is 0 Å². The number of carbonyl (C=O) groups is 2. The van der Waals surface area contributed by atoms with Crippen LogP contribution in [-0.2, 0) is 24.4 Å². The molecule has 4 unspecified atom stereocenters. The molecule has 0 aromatic heterocycles. The molecule has 11 heteroatoms. The standard InChI is InChI=1S/C29H37Cl2N3O5S/c1-5-23(18-32-40(37,38)29(3)13-14-29)34-26(19-9-11-21(30)12-10-19)24(20-7-6-8-22(31)15-20)16-28(2,27(34)36)17-25(35)33-39-4/h6-12,15,23-24,26,32H,5,13-14,16-18H2,1-4H3,(H,33,35). The summed E-state index contributed by atoms with van der Waals surface area (Å²) < 4.78 is 28.1. The van der Waals surface area contributed by atoms with Gasteiger partial charge in [-0.1, -0.05) is 61.3 Å². The first-order chi connectivity index (χ1) is 18.8. The Hall–Kier alpha value is -2.17. The van der Waals surface area contributed by atoms with Crippen LogP contribution in [-0.4, -0.2) is 49.6 Å². The number of benzene rings is 2. The number of hydroxylamine groups is 1. The smallest absolute Gasteiger partial charge is 0.244 e. The molecule has 218 valence electrons. The van der Waals surface area contributed by atoms with Crippen molar-refractivity contribution in [2.75, 3.05) is 13.7 Å². The molecule has 40 heavy (non-hydrogen) atoms. The minimum atomic E-state index is -3.57. The van der Waals surface area contributed by atoms with E-state index in [2.05, 4.69) is 10.2 Å². The maximum absolute atomic E-state index is 14.5. The Kier molecular flexibility index (Phi) is 9.22. The molecule has 8 nitrogen and oxygen atoms in total. The molecule has 2 fully saturated rings. The van der Waals surface area contributed by atoms with Gasteiger partial charge in [0.2, 0.25) is 21.8 Å². The zero-order chi connectivity index (χ0) is 29.3. The Balaban J connectivity index is 1.83. The van der Waals surface area contributed by atoms with Gasteiger partial charge in [-0.3, -0.25) is 14.4 Å². The Morgan fingerprint density at radius 2 is 1.77 bits per heavy atom. The molecule has 1 saturated heterocycles. The molecule has 2 amide bonds. The second-order valence-electron chi connectivity index (χ2n) is 11.4. The monoisotopic (exact) mass is 609 g/mol. The molecule has 4 rings (SSSR count). The number of piperidine rings is 1. The van der Waals surface area contributed by atoms with Crippen molar-refractivity contribution < 1.29 is 22.8 Å². The molecule has 4 atom stereocenters. The minimum absolute atomic E-state index is 0.0624. The Labute approximate surface area is 246 Å². The van der Waals surface area contributed by atoms with Crippen LogP contribution >= 0.6 is 23.2 Å². The maximum Gasteiger partial charge on any atom is 0.244 e. The number of hydrogen-bond donors (Lipinski definition) is 2. The third-order valence-corrected chi connectivity index (χ3v) is 11.1. The van der Waals surface area contributed by atoms with E-state index in [1.54, 1.807) is 36.9 Å². The van der Waals surface area contributed by atoms with Crippen LogP contribution in [0.5, 0.6) is 0 Å². The normalized spacial score (nSPS) is 24.9. The van der Waals surface area contributed by atoms with Crippen LogP contribution in [0.4, 0.5) is 0 Å². The number of carbonyl (C=O) groups excluding carboxylic acids is 2. The molecule has 1 aliphatic heterocycles. The lowest BCUT2D eigenvalue weighted by molar-refractivity contribution is -0.158. The van der Waals surface area contributed by atoms with Gasteiger partial charge >= 0.3 is 0 Å². The quantitative estimate of drug-likeness (QED) is 0.333. The number of rotatable bonds is 11. The first kappa shape index (κ1) is 30.8. The Morgan fingerprint density at radius 3 is 2.35 bits per heavy atom. The Morgan fingerprint density at radius 1 is 1.10 bits per heavy atom. The highest BCUT2D eigenvalue weighted by Crippen LogP contribution is 2.52. The third-order valence-electron chi connectivity index (χ3n) is 8.33. The molecule has 0 bridgehead atoms. The van der Waals surface area contributed by atoms with Crippen LogP contribution in [0.25, 0.3) is 0 Å². The van der Waals surface area contributed by atoms with Crippen LogP contribution in [0.15, 0.2) is 48.5 Å². The molecule has 0 spiro atoms. The summed E-state index contributed by atoms with van der Waals surface area (Å²) in [6.45, 7) is 5.52. The molecular formula is C29H37Cl2N3O5S. The summed E-state index contributed by atoms with van der Waals surface area (Å²) in [6, 6.07) is 14.0. The number of halogens is 2. The minimum Gasteiger partial charge on any atom is -0.330 e. The Bertz CT molecular complexity index is 1350. The van der Waals surface area contributed by atoms with Crippen LogP contribution < -0.4 is 10.2 Å². The number of likely N-dealkylation sites (tertiary alicyclic amines) is 1. The molecule has 2 N–H and O–H groups in total. The van der Waals surface area contributed by atoms with Gasteiger partial charge in [0.25, 0.3) is 0 Å². The molecule has 1 heterocycles. The molecule has 2 aliphatic rings. The zero-order valence-corrected chi connectivity index (χ0v) is 25.6. The van der Waals surface area contributed by atoms with Crippen molar-refractivity contribution in [3.05, 3.63) is 69.7 Å². The van der Waals surface area contributed by atoms with Crippen molar-refractivity contribution in [1.82, 2.24) is 15.1 Å². The lowest BCUT2D eigenvalue weighted by Crippen LogP contribution is -2.58. The second-order valence-corrected chi connectivity index (χ2v) is 14.6. The van der Waals surface area contributed by atoms with E-state index in [0.717, 1.165) is 11.1 Å². The van der Waals surface area contributed by atoms with Crippen LogP contribution in [0.2, 0.25) is 10.0 Å². The van der Waals surface area contributed by atoms with E-state index in [1.807, 2.05) is 37.3 Å². The van der Waals surface area contributed by atoms with Crippen molar-refractivity contribution in [3.63, 3.8) is 0 Å². The summed E-state index contributed by atoms with van der Waals surface area (Å²) in [6.07, 6.45) is 1.99. The number of nitrogens with one attached hydrogen (secondary N) is 2. The number of nitrogens with zero attached hydrogens (tertiary/aromatic N) is 1. The first-order valence-electron chi connectivity index (χ1n) is 13.5. The summed E-state index contributed by atoms with van der Waals surface area (Å²) >= 11 is 12.7. The van der Waals surface area contributed by atoms with E-state index < -0.39 is 38.2 Å². The summed E-state index contributed by atoms with van der Waals surface area (Å²) in [4.78, 5) is 33.8. The van der Waals surface area contributed by atoms with E-state index in [9.17, 15) is 18.0 Å². The molecule has 2 aromatic carbocycles. The van der Waals surface area contributed by atoms with Crippen molar-refractivity contribution in [2.45, 2.75) is 75.6 Å². The average molecular weight is 611 g/mol. The molecule has 0 radical (unpaired) electrons. The van der Waals surface area contributed by atoms with E-state index in [-0.39, 0.29) is 24.8 Å². The summed E-state index contributed by atoms with van der Waals surface area (Å²) in [5.41, 5.74) is 3.03. The first-order valence-corrected chi connectivity index (χ1v) is 15.7. The van der Waals surface area contributed by atoms with Gasteiger partial charge in [0.15, 0.2) is 0 Å². The average Bonchev–Trinajstić information content (AvgIpc) is 3.66. The molecular weight excluding hydrogens is 573 g/mol. The lowest BCUT2D eigenvalue weighted by atomic mass is 9.67. The van der Waals surface area contributed by atoms with Gasteiger partial charge in [-0.25, -0.2) is 18.6 Å². The summed E-state index contributed by atoms with van der Waals surface area (Å²) in [7, 11) is -2.22. The number of hydrogen-bond acceptors (Lipinski definition) is 5. The number of sulfonamides is 1. The fraction of sp³-hybridized carbons (Fsp3) is 0.517. The van der Waals surface area contributed by atoms with Gasteiger partial charge < -0.3 is 4.90 Å². The highest BCUT2D eigenvalue weighted by Gasteiger charge is 2.53. The third kappa shape index (κ3) is 6.34. The van der Waals surface area contributed by atoms with Crippen LogP contribution in [0, 0.1) is 5.41 Å². The highest BCUT2D eigenvalue weighted by atomic mass is 35.5. The van der Waals surface area contributed by atoms with Crippen molar-refractivity contribution in [2.24, 2.45) is 5.41 Å². The van der Waals surface area contributed by atoms with E-state index in [0.29, 0.717) is 35.7 Å². The number of amides is 2. The van der Waals surface area contributed by atoms with Gasteiger partial charge in [-0.15, -0.1) is 0 Å². The van der Waals surface area contributed by atoms with Gasteiger partial charge in [-0.2, -0.15) is 0 Å². The van der Waals surface area contributed by atoms with Gasteiger partial charge in [-0.05, 0) is 68.0 Å². The highest BCUT2D eigenvalue weighted by molar-refractivity contribution is 7.91. The van der Waals surface area contributed by atoms with Gasteiger partial charge in [0.1, 0.15) is 0 Å². The fourth-order valence-electron chi connectivity index (χ4n) is 5.72. The van der Waals surface area contributed by atoms with Gasteiger partial charge in [0.05, 0.1) is 23.3 Å². The lowest BCUT2D eigenvalue weighted by Gasteiger charge is -2.52. The molecule has 1 saturated carbocycles. The molecule has 2 aromatic rings. The van der Waals surface area contributed by atoms with Crippen molar-refractivity contribution >= 4 is 45.0 Å². The van der Waals surface area contributed by atoms with Crippen LogP contribution in [0.1, 0.15) is 76.0 Å².